The van der Waals surface area contributed by atoms with Gasteiger partial charge in [-0.2, -0.15) is 0 Å². The Labute approximate surface area is 105 Å². The molecule has 0 bridgehead atoms. The number of pyridine rings is 1. The van der Waals surface area contributed by atoms with E-state index in [-0.39, 0.29) is 5.56 Å². The summed E-state index contributed by atoms with van der Waals surface area (Å²) < 4.78 is 3.33. The highest BCUT2D eigenvalue weighted by molar-refractivity contribution is 5.05. The van der Waals surface area contributed by atoms with Gasteiger partial charge in [0.25, 0.3) is 5.56 Å². The van der Waals surface area contributed by atoms with Gasteiger partial charge in [0.1, 0.15) is 5.69 Å². The minimum absolute atomic E-state index is 0.0167. The van der Waals surface area contributed by atoms with Crippen LogP contribution in [0.1, 0.15) is 19.5 Å². The summed E-state index contributed by atoms with van der Waals surface area (Å²) in [6.07, 6.45) is 3.57. The molecule has 6 heteroatoms. The van der Waals surface area contributed by atoms with E-state index in [1.165, 1.54) is 6.07 Å². The molecular weight excluding hydrogens is 230 g/mol. The number of rotatable bonds is 4. The molecule has 2 N–H and O–H groups in total. The van der Waals surface area contributed by atoms with Gasteiger partial charge in [-0.1, -0.05) is 11.3 Å². The lowest BCUT2D eigenvalue weighted by atomic mass is 10.0. The van der Waals surface area contributed by atoms with Crippen molar-refractivity contribution in [2.75, 3.05) is 0 Å². The quantitative estimate of drug-likeness (QED) is 0.844. The van der Waals surface area contributed by atoms with Gasteiger partial charge in [-0.25, -0.2) is 0 Å². The highest BCUT2D eigenvalue weighted by Crippen LogP contribution is 2.12. The Morgan fingerprint density at radius 3 is 2.72 bits per heavy atom. The lowest BCUT2D eigenvalue weighted by molar-refractivity contribution is 0.510. The predicted octanol–water partition coefficient (Wildman–Crippen LogP) is 0.334. The summed E-state index contributed by atoms with van der Waals surface area (Å²) in [7, 11) is 0. The molecule has 0 aliphatic carbocycles. The zero-order valence-electron chi connectivity index (χ0n) is 10.6. The van der Waals surface area contributed by atoms with Gasteiger partial charge >= 0.3 is 0 Å². The van der Waals surface area contributed by atoms with E-state index >= 15 is 0 Å². The normalized spacial score (nSPS) is 11.7. The highest BCUT2D eigenvalue weighted by atomic mass is 16.1. The molecule has 0 saturated carbocycles. The average Bonchev–Trinajstić information content (AvgIpc) is 2.76. The Balaban J connectivity index is 2.06. The first kappa shape index (κ1) is 12.5. The third-order valence-electron chi connectivity index (χ3n) is 2.67. The maximum absolute atomic E-state index is 11.5. The molecule has 0 amide bonds. The fraction of sp³-hybridized carbons (Fsp3) is 0.417. The number of hydrogen-bond donors (Lipinski definition) is 1. The van der Waals surface area contributed by atoms with Gasteiger partial charge in [-0.3, -0.25) is 9.48 Å². The topological polar surface area (TPSA) is 78.7 Å². The van der Waals surface area contributed by atoms with E-state index in [1.807, 2.05) is 26.1 Å². The maximum atomic E-state index is 11.5. The van der Waals surface area contributed by atoms with Crippen molar-refractivity contribution in [1.29, 1.82) is 0 Å². The first-order chi connectivity index (χ1) is 8.47. The van der Waals surface area contributed by atoms with Crippen LogP contribution in [0.4, 0.5) is 0 Å². The zero-order valence-corrected chi connectivity index (χ0v) is 10.6. The first-order valence-electron chi connectivity index (χ1n) is 5.82. The SMILES string of the molecule is CC(C)(N)c1cn(CCn2ccccc2=O)nn1. The van der Waals surface area contributed by atoms with Crippen LogP contribution >= 0.6 is 0 Å². The number of nitrogens with zero attached hydrogens (tertiary/aromatic N) is 4. The second-order valence-corrected chi connectivity index (χ2v) is 4.82. The zero-order chi connectivity index (χ0) is 13.2. The number of aryl methyl sites for hydroxylation is 2. The molecular formula is C12H17N5O. The molecule has 96 valence electrons. The molecule has 2 aromatic heterocycles. The van der Waals surface area contributed by atoms with Gasteiger partial charge in [0, 0.05) is 18.8 Å². The van der Waals surface area contributed by atoms with Crippen molar-refractivity contribution in [2.24, 2.45) is 5.73 Å². The van der Waals surface area contributed by atoms with Crippen molar-refractivity contribution in [1.82, 2.24) is 19.6 Å². The summed E-state index contributed by atoms with van der Waals surface area (Å²) >= 11 is 0. The second-order valence-electron chi connectivity index (χ2n) is 4.82. The summed E-state index contributed by atoms with van der Waals surface area (Å²) in [6, 6.07) is 5.09. The summed E-state index contributed by atoms with van der Waals surface area (Å²) in [5.74, 6) is 0. The number of hydrogen-bond acceptors (Lipinski definition) is 4. The molecule has 18 heavy (non-hydrogen) atoms. The van der Waals surface area contributed by atoms with E-state index in [2.05, 4.69) is 10.3 Å². The van der Waals surface area contributed by atoms with Gasteiger partial charge in [-0.15, -0.1) is 5.10 Å². The van der Waals surface area contributed by atoms with Crippen LogP contribution in [0, 0.1) is 0 Å². The van der Waals surface area contributed by atoms with Crippen LogP contribution in [0.25, 0.3) is 0 Å². The third kappa shape index (κ3) is 2.84. The monoisotopic (exact) mass is 247 g/mol. The molecule has 0 fully saturated rings. The Hall–Kier alpha value is -1.95. The molecule has 0 saturated heterocycles. The van der Waals surface area contributed by atoms with Crippen molar-refractivity contribution in [3.05, 3.63) is 46.6 Å². The fourth-order valence-electron chi connectivity index (χ4n) is 1.56. The van der Waals surface area contributed by atoms with Crippen LogP contribution < -0.4 is 11.3 Å². The van der Waals surface area contributed by atoms with Crippen LogP contribution in [-0.4, -0.2) is 19.6 Å². The van der Waals surface area contributed by atoms with E-state index in [1.54, 1.807) is 21.5 Å². The number of nitrogens with two attached hydrogens (primary N) is 1. The standard InChI is InChI=1S/C12H17N5O/c1-12(2,13)10-9-17(15-14-10)8-7-16-6-4-3-5-11(16)18/h3-6,9H,7-8,13H2,1-2H3. The Morgan fingerprint density at radius 2 is 2.11 bits per heavy atom. The smallest absolute Gasteiger partial charge is 0.250 e. The van der Waals surface area contributed by atoms with Crippen LogP contribution in [0.2, 0.25) is 0 Å². The van der Waals surface area contributed by atoms with Gasteiger partial charge in [0.05, 0.1) is 18.3 Å². The third-order valence-corrected chi connectivity index (χ3v) is 2.67. The molecule has 2 aromatic rings. The number of aromatic nitrogens is 4. The summed E-state index contributed by atoms with van der Waals surface area (Å²) in [5.41, 5.74) is 6.15. The summed E-state index contributed by atoms with van der Waals surface area (Å²) in [6.45, 7) is 4.91. The van der Waals surface area contributed by atoms with Crippen LogP contribution in [0.5, 0.6) is 0 Å². The Morgan fingerprint density at radius 1 is 1.33 bits per heavy atom. The molecule has 6 nitrogen and oxygen atoms in total. The molecule has 0 radical (unpaired) electrons. The molecule has 2 rings (SSSR count). The van der Waals surface area contributed by atoms with Crippen molar-refractivity contribution >= 4 is 0 Å². The molecule has 0 atom stereocenters. The molecule has 0 unspecified atom stereocenters. The lowest BCUT2D eigenvalue weighted by Crippen LogP contribution is -2.29. The van der Waals surface area contributed by atoms with E-state index in [0.29, 0.717) is 13.1 Å². The Kier molecular flexibility index (Phi) is 3.29. The van der Waals surface area contributed by atoms with E-state index in [4.69, 9.17) is 5.73 Å². The van der Waals surface area contributed by atoms with Gasteiger partial charge in [0.2, 0.25) is 0 Å². The highest BCUT2D eigenvalue weighted by Gasteiger charge is 2.18. The second kappa shape index (κ2) is 4.73. The Bertz CT molecular complexity index is 578. The molecule has 2 heterocycles. The van der Waals surface area contributed by atoms with Crippen molar-refractivity contribution < 1.29 is 0 Å². The van der Waals surface area contributed by atoms with Gasteiger partial charge in [-0.05, 0) is 19.9 Å². The van der Waals surface area contributed by atoms with E-state index in [0.717, 1.165) is 5.69 Å². The van der Waals surface area contributed by atoms with E-state index in [9.17, 15) is 4.79 Å². The van der Waals surface area contributed by atoms with Crippen molar-refractivity contribution in [3.63, 3.8) is 0 Å². The summed E-state index contributed by atoms with van der Waals surface area (Å²) in [4.78, 5) is 11.5. The molecule has 0 spiro atoms. The van der Waals surface area contributed by atoms with Crippen LogP contribution in [-0.2, 0) is 18.6 Å². The molecule has 0 aliphatic heterocycles. The van der Waals surface area contributed by atoms with Crippen molar-refractivity contribution in [2.45, 2.75) is 32.5 Å². The van der Waals surface area contributed by atoms with Crippen LogP contribution in [0.15, 0.2) is 35.4 Å². The van der Waals surface area contributed by atoms with Crippen molar-refractivity contribution in [3.8, 4) is 0 Å². The minimum atomic E-state index is -0.498. The average molecular weight is 247 g/mol. The minimum Gasteiger partial charge on any atom is -0.320 e. The lowest BCUT2D eigenvalue weighted by Gasteiger charge is -2.13. The van der Waals surface area contributed by atoms with Gasteiger partial charge in [0.15, 0.2) is 0 Å². The predicted molar refractivity (Wildman–Crippen MR) is 67.9 cm³/mol. The largest absolute Gasteiger partial charge is 0.320 e. The molecule has 0 aromatic carbocycles. The summed E-state index contributed by atoms with van der Waals surface area (Å²) in [5, 5.41) is 8.02. The van der Waals surface area contributed by atoms with Crippen LogP contribution in [0.3, 0.4) is 0 Å². The molecule has 0 aliphatic rings. The first-order valence-corrected chi connectivity index (χ1v) is 5.82. The van der Waals surface area contributed by atoms with E-state index < -0.39 is 5.54 Å². The fourth-order valence-corrected chi connectivity index (χ4v) is 1.56. The maximum Gasteiger partial charge on any atom is 0.250 e. The van der Waals surface area contributed by atoms with Gasteiger partial charge < -0.3 is 10.3 Å².